The number of halogens is 1. The monoisotopic (exact) mass is 397 g/mol. The highest BCUT2D eigenvalue weighted by Crippen LogP contribution is 2.25. The van der Waals surface area contributed by atoms with E-state index in [0.29, 0.717) is 19.6 Å². The Morgan fingerprint density at radius 1 is 1.41 bits per heavy atom. The van der Waals surface area contributed by atoms with Crippen LogP contribution in [0.3, 0.4) is 0 Å². The van der Waals surface area contributed by atoms with Crippen LogP contribution in [0.4, 0.5) is 10.5 Å². The second-order valence-corrected chi connectivity index (χ2v) is 7.97. The summed E-state index contributed by atoms with van der Waals surface area (Å²) in [7, 11) is 0. The molecule has 1 aromatic rings. The van der Waals surface area contributed by atoms with Gasteiger partial charge in [0.15, 0.2) is 0 Å². The molecule has 0 aromatic heterocycles. The van der Waals surface area contributed by atoms with Crippen molar-refractivity contribution in [1.29, 1.82) is 0 Å². The fourth-order valence-electron chi connectivity index (χ4n) is 2.92. The number of nitro benzene ring substituents is 1. The molecule has 1 aliphatic heterocycles. The minimum absolute atomic E-state index is 0.0766. The van der Waals surface area contributed by atoms with Crippen LogP contribution in [0.5, 0.6) is 0 Å². The Morgan fingerprint density at radius 2 is 2.11 bits per heavy atom. The van der Waals surface area contributed by atoms with E-state index in [0.717, 1.165) is 12.8 Å². The van der Waals surface area contributed by atoms with Gasteiger partial charge in [-0.1, -0.05) is 11.6 Å². The quantitative estimate of drug-likeness (QED) is 0.617. The van der Waals surface area contributed by atoms with E-state index in [1.165, 1.54) is 18.2 Å². The summed E-state index contributed by atoms with van der Waals surface area (Å²) in [4.78, 5) is 36.6. The zero-order valence-corrected chi connectivity index (χ0v) is 16.4. The van der Waals surface area contributed by atoms with E-state index < -0.39 is 16.6 Å². The highest BCUT2D eigenvalue weighted by atomic mass is 35.5. The Labute approximate surface area is 163 Å². The van der Waals surface area contributed by atoms with Crippen LogP contribution in [-0.4, -0.2) is 47.1 Å². The third-order valence-electron chi connectivity index (χ3n) is 4.13. The number of alkyl carbamates (subject to hydrolysis) is 1. The van der Waals surface area contributed by atoms with E-state index in [4.69, 9.17) is 16.3 Å². The summed E-state index contributed by atoms with van der Waals surface area (Å²) in [5, 5.41) is 13.9. The molecule has 2 rings (SSSR count). The van der Waals surface area contributed by atoms with Crippen molar-refractivity contribution < 1.29 is 19.2 Å². The van der Waals surface area contributed by atoms with Crippen molar-refractivity contribution in [2.24, 2.45) is 5.92 Å². The number of rotatable bonds is 4. The van der Waals surface area contributed by atoms with Crippen LogP contribution < -0.4 is 5.32 Å². The minimum atomic E-state index is -0.572. The third kappa shape index (κ3) is 6.09. The molecule has 8 nitrogen and oxygen atoms in total. The number of hydrogen-bond donors (Lipinski definition) is 1. The van der Waals surface area contributed by atoms with Gasteiger partial charge in [-0.2, -0.15) is 0 Å². The topological polar surface area (TPSA) is 102 Å². The van der Waals surface area contributed by atoms with Crippen molar-refractivity contribution in [3.05, 3.63) is 38.9 Å². The summed E-state index contributed by atoms with van der Waals surface area (Å²) in [6, 6.07) is 3.83. The molecule has 1 atom stereocenters. The molecule has 0 spiro atoms. The van der Waals surface area contributed by atoms with Gasteiger partial charge in [0.25, 0.3) is 11.6 Å². The molecular weight excluding hydrogens is 374 g/mol. The van der Waals surface area contributed by atoms with Gasteiger partial charge >= 0.3 is 6.09 Å². The van der Waals surface area contributed by atoms with Crippen molar-refractivity contribution in [2.45, 2.75) is 39.2 Å². The molecule has 0 radical (unpaired) electrons. The van der Waals surface area contributed by atoms with Crippen molar-refractivity contribution in [1.82, 2.24) is 10.2 Å². The molecule has 1 N–H and O–H groups in total. The van der Waals surface area contributed by atoms with Gasteiger partial charge in [0.1, 0.15) is 5.60 Å². The van der Waals surface area contributed by atoms with Gasteiger partial charge in [-0.15, -0.1) is 0 Å². The van der Waals surface area contributed by atoms with E-state index >= 15 is 0 Å². The molecule has 0 aliphatic carbocycles. The molecule has 1 fully saturated rings. The number of hydrogen-bond acceptors (Lipinski definition) is 5. The summed E-state index contributed by atoms with van der Waals surface area (Å²) in [5.74, 6) is -0.265. The molecule has 1 aromatic carbocycles. The Balaban J connectivity index is 1.99. The molecule has 1 unspecified atom stereocenters. The number of piperidine rings is 1. The number of carbonyl (C=O) groups is 2. The van der Waals surface area contributed by atoms with Gasteiger partial charge in [0, 0.05) is 31.8 Å². The molecule has 1 saturated heterocycles. The van der Waals surface area contributed by atoms with Gasteiger partial charge in [-0.3, -0.25) is 14.9 Å². The molecule has 27 heavy (non-hydrogen) atoms. The van der Waals surface area contributed by atoms with Gasteiger partial charge in [-0.05, 0) is 45.6 Å². The van der Waals surface area contributed by atoms with Crippen LogP contribution in [0, 0.1) is 16.0 Å². The standard InChI is InChI=1S/C18H24ClN3O5/c1-18(2,3)27-17(24)20-10-12-5-4-8-21(11-12)16(23)14-9-13(22(25)26)6-7-15(14)19/h6-7,9,12H,4-5,8,10-11H2,1-3H3,(H,20,24). The first-order valence-electron chi connectivity index (χ1n) is 8.77. The predicted octanol–water partition coefficient (Wildman–Crippen LogP) is 3.63. The van der Waals surface area contributed by atoms with Crippen molar-refractivity contribution >= 4 is 29.3 Å². The van der Waals surface area contributed by atoms with Crippen LogP contribution in [0.25, 0.3) is 0 Å². The second kappa shape index (κ2) is 8.56. The number of nitrogens with zero attached hydrogens (tertiary/aromatic N) is 2. The average Bonchev–Trinajstić information content (AvgIpc) is 2.58. The van der Waals surface area contributed by atoms with Crippen molar-refractivity contribution in [3.8, 4) is 0 Å². The maximum Gasteiger partial charge on any atom is 0.407 e. The second-order valence-electron chi connectivity index (χ2n) is 7.56. The van der Waals surface area contributed by atoms with Gasteiger partial charge in [-0.25, -0.2) is 4.79 Å². The first-order chi connectivity index (χ1) is 12.6. The molecule has 1 heterocycles. The van der Waals surface area contributed by atoms with Crippen LogP contribution in [0.15, 0.2) is 18.2 Å². The molecule has 9 heteroatoms. The molecule has 0 bridgehead atoms. The molecular formula is C18H24ClN3O5. The molecule has 148 valence electrons. The SMILES string of the molecule is CC(C)(C)OC(=O)NCC1CCCN(C(=O)c2cc([N+](=O)[O-])ccc2Cl)C1. The zero-order chi connectivity index (χ0) is 20.2. The van der Waals surface area contributed by atoms with Gasteiger partial charge in [0.2, 0.25) is 0 Å². The fourth-order valence-corrected chi connectivity index (χ4v) is 3.12. The number of likely N-dealkylation sites (tertiary alicyclic amines) is 1. The predicted molar refractivity (Wildman–Crippen MR) is 101 cm³/mol. The summed E-state index contributed by atoms with van der Waals surface area (Å²) < 4.78 is 5.21. The molecule has 1 aliphatic rings. The molecule has 2 amide bonds. The van der Waals surface area contributed by atoms with Crippen LogP contribution in [-0.2, 0) is 4.74 Å². The summed E-state index contributed by atoms with van der Waals surface area (Å²) >= 11 is 6.07. The summed E-state index contributed by atoms with van der Waals surface area (Å²) in [5.41, 5.74) is -0.633. The summed E-state index contributed by atoms with van der Waals surface area (Å²) in [6.45, 7) is 6.74. The van der Waals surface area contributed by atoms with E-state index in [1.807, 2.05) is 0 Å². The van der Waals surface area contributed by atoms with Crippen LogP contribution in [0.2, 0.25) is 5.02 Å². The Morgan fingerprint density at radius 3 is 2.74 bits per heavy atom. The Kier molecular flexibility index (Phi) is 6.64. The normalized spacial score (nSPS) is 17.3. The number of nitro groups is 1. The largest absolute Gasteiger partial charge is 0.444 e. The number of benzene rings is 1. The average molecular weight is 398 g/mol. The number of ether oxygens (including phenoxy) is 1. The lowest BCUT2D eigenvalue weighted by atomic mass is 9.97. The van der Waals surface area contributed by atoms with Gasteiger partial charge in [0.05, 0.1) is 15.5 Å². The minimum Gasteiger partial charge on any atom is -0.444 e. The van der Waals surface area contributed by atoms with Gasteiger partial charge < -0.3 is 15.0 Å². The fraction of sp³-hybridized carbons (Fsp3) is 0.556. The number of amides is 2. The third-order valence-corrected chi connectivity index (χ3v) is 4.46. The van der Waals surface area contributed by atoms with E-state index in [1.54, 1.807) is 25.7 Å². The highest BCUT2D eigenvalue weighted by molar-refractivity contribution is 6.33. The van der Waals surface area contributed by atoms with Crippen LogP contribution >= 0.6 is 11.6 Å². The summed E-state index contributed by atoms with van der Waals surface area (Å²) in [6.07, 6.45) is 1.15. The Hall–Kier alpha value is -2.35. The van der Waals surface area contributed by atoms with Crippen LogP contribution in [0.1, 0.15) is 44.0 Å². The van der Waals surface area contributed by atoms with E-state index in [2.05, 4.69) is 5.32 Å². The highest BCUT2D eigenvalue weighted by Gasteiger charge is 2.27. The lowest BCUT2D eigenvalue weighted by Crippen LogP contribution is -2.44. The lowest BCUT2D eigenvalue weighted by Gasteiger charge is -2.33. The maximum atomic E-state index is 12.8. The Bertz CT molecular complexity index is 732. The maximum absolute atomic E-state index is 12.8. The lowest BCUT2D eigenvalue weighted by molar-refractivity contribution is -0.384. The van der Waals surface area contributed by atoms with E-state index in [-0.39, 0.29) is 28.1 Å². The molecule has 0 saturated carbocycles. The number of non-ortho nitro benzene ring substituents is 1. The number of nitrogens with one attached hydrogen (secondary N) is 1. The van der Waals surface area contributed by atoms with Crippen molar-refractivity contribution in [2.75, 3.05) is 19.6 Å². The number of carbonyl (C=O) groups excluding carboxylic acids is 2. The van der Waals surface area contributed by atoms with E-state index in [9.17, 15) is 19.7 Å². The first kappa shape index (κ1) is 21.0. The zero-order valence-electron chi connectivity index (χ0n) is 15.7. The first-order valence-corrected chi connectivity index (χ1v) is 9.14. The smallest absolute Gasteiger partial charge is 0.407 e. The van der Waals surface area contributed by atoms with Crippen molar-refractivity contribution in [3.63, 3.8) is 0 Å².